The third kappa shape index (κ3) is 3.75. The van der Waals surface area contributed by atoms with Gasteiger partial charge < -0.3 is 13.9 Å². The van der Waals surface area contributed by atoms with Gasteiger partial charge in [-0.25, -0.2) is 0 Å². The molecule has 0 radical (unpaired) electrons. The summed E-state index contributed by atoms with van der Waals surface area (Å²) in [5, 5.41) is 0. The maximum atomic E-state index is 9.39. The van der Waals surface area contributed by atoms with Gasteiger partial charge >= 0.3 is 8.60 Å². The van der Waals surface area contributed by atoms with E-state index in [9.17, 15) is 4.89 Å². The first kappa shape index (κ1) is 14.6. The molecule has 0 amide bonds. The predicted molar refractivity (Wildman–Crippen MR) is 70.5 cm³/mol. The number of hydrogen-bond acceptors (Lipinski definition) is 3. The number of rotatable bonds is 1. The summed E-state index contributed by atoms with van der Waals surface area (Å²) in [6, 6.07) is 9.95. The van der Waals surface area contributed by atoms with Crippen molar-refractivity contribution in [3.8, 4) is 0 Å². The molecule has 2 unspecified atom stereocenters. The van der Waals surface area contributed by atoms with E-state index in [4.69, 9.17) is 9.05 Å². The molecule has 0 spiro atoms. The summed E-state index contributed by atoms with van der Waals surface area (Å²) in [5.74, 6) is 0. The largest absolute Gasteiger partial charge is 0.330 e. The van der Waals surface area contributed by atoms with E-state index >= 15 is 0 Å². The van der Waals surface area contributed by atoms with Crippen LogP contribution in [0.2, 0.25) is 0 Å². The number of hydrogen-bond donors (Lipinski definition) is 1. The fourth-order valence-corrected chi connectivity index (χ4v) is 2.79. The Morgan fingerprint density at radius 1 is 1.24 bits per heavy atom. The highest BCUT2D eigenvalue weighted by molar-refractivity contribution is 7.40. The predicted octanol–water partition coefficient (Wildman–Crippen LogP) is 4.05. The lowest BCUT2D eigenvalue weighted by molar-refractivity contribution is -0.0277. The highest BCUT2D eigenvalue weighted by Gasteiger charge is 2.39. The van der Waals surface area contributed by atoms with E-state index in [1.54, 1.807) is 0 Å². The minimum atomic E-state index is -1.71. The minimum absolute atomic E-state index is 0.0939. The number of benzene rings is 1. The van der Waals surface area contributed by atoms with Gasteiger partial charge in [-0.15, -0.1) is 0 Å². The molecule has 1 fully saturated rings. The molecule has 0 aromatic heterocycles. The van der Waals surface area contributed by atoms with Crippen LogP contribution in [0.1, 0.15) is 39.4 Å². The zero-order valence-electron chi connectivity index (χ0n) is 10.9. The molecular formula is C13H21O3P. The Labute approximate surface area is 105 Å². The van der Waals surface area contributed by atoms with E-state index in [0.717, 1.165) is 5.56 Å². The Bertz CT molecular complexity index is 327. The normalized spacial score (nSPS) is 26.9. The smallest absolute Gasteiger partial charge is 0.328 e. The van der Waals surface area contributed by atoms with E-state index in [1.807, 2.05) is 44.2 Å². The molecule has 96 valence electrons. The molecule has 1 aromatic carbocycles. The van der Waals surface area contributed by atoms with Crippen LogP contribution in [0.15, 0.2) is 30.3 Å². The van der Waals surface area contributed by atoms with E-state index in [1.165, 1.54) is 0 Å². The third-order valence-corrected chi connectivity index (χ3v) is 3.30. The quantitative estimate of drug-likeness (QED) is 0.770. The second kappa shape index (κ2) is 6.46. The molecule has 2 atom stereocenters. The summed E-state index contributed by atoms with van der Waals surface area (Å²) >= 11 is 0. The van der Waals surface area contributed by atoms with Crippen molar-refractivity contribution in [2.24, 2.45) is 5.41 Å². The van der Waals surface area contributed by atoms with Gasteiger partial charge in [0.25, 0.3) is 0 Å². The molecule has 17 heavy (non-hydrogen) atoms. The van der Waals surface area contributed by atoms with Gasteiger partial charge in [0, 0.05) is 5.41 Å². The van der Waals surface area contributed by atoms with Gasteiger partial charge in [0.05, 0.1) is 12.7 Å². The second-order valence-electron chi connectivity index (χ2n) is 4.40. The molecule has 4 heteroatoms. The lowest BCUT2D eigenvalue weighted by Crippen LogP contribution is -2.32. The Morgan fingerprint density at radius 3 is 2.41 bits per heavy atom. The van der Waals surface area contributed by atoms with Crippen LogP contribution in [0.3, 0.4) is 0 Å². The van der Waals surface area contributed by atoms with Crippen molar-refractivity contribution in [1.82, 2.24) is 0 Å². The summed E-state index contributed by atoms with van der Waals surface area (Å²) in [6.07, 6.45) is -0.0939. The Hall–Kier alpha value is -0.470. The van der Waals surface area contributed by atoms with E-state index in [2.05, 4.69) is 13.8 Å². The summed E-state index contributed by atoms with van der Waals surface area (Å²) < 4.78 is 10.6. The van der Waals surface area contributed by atoms with Gasteiger partial charge in [-0.3, -0.25) is 0 Å². The van der Waals surface area contributed by atoms with Crippen LogP contribution in [0.5, 0.6) is 0 Å². The first-order chi connectivity index (χ1) is 8.09. The summed E-state index contributed by atoms with van der Waals surface area (Å²) in [5.41, 5.74) is 0.982. The van der Waals surface area contributed by atoms with Crippen LogP contribution in [-0.4, -0.2) is 11.5 Å². The highest BCUT2D eigenvalue weighted by Crippen LogP contribution is 2.52. The minimum Gasteiger partial charge on any atom is -0.328 e. The molecule has 1 heterocycles. The van der Waals surface area contributed by atoms with E-state index < -0.39 is 8.60 Å². The molecule has 1 aliphatic heterocycles. The molecule has 0 saturated carbocycles. The van der Waals surface area contributed by atoms with Gasteiger partial charge in [-0.1, -0.05) is 58.0 Å². The second-order valence-corrected chi connectivity index (χ2v) is 5.34. The topological polar surface area (TPSA) is 38.7 Å². The van der Waals surface area contributed by atoms with Crippen molar-refractivity contribution in [2.75, 3.05) is 6.61 Å². The third-order valence-electron chi connectivity index (χ3n) is 2.55. The van der Waals surface area contributed by atoms with Crippen LogP contribution >= 0.6 is 8.60 Å². The lowest BCUT2D eigenvalue weighted by atomic mass is 9.83. The van der Waals surface area contributed by atoms with Gasteiger partial charge in [-0.2, -0.15) is 0 Å². The van der Waals surface area contributed by atoms with Gasteiger partial charge in [0.2, 0.25) is 0 Å². The Balaban J connectivity index is 0.000000686. The zero-order valence-corrected chi connectivity index (χ0v) is 11.8. The molecule has 0 aliphatic carbocycles. The van der Waals surface area contributed by atoms with E-state index in [-0.39, 0.29) is 11.5 Å². The highest BCUT2D eigenvalue weighted by atomic mass is 31.2. The first-order valence-corrected chi connectivity index (χ1v) is 7.06. The molecule has 1 aromatic rings. The van der Waals surface area contributed by atoms with Gasteiger partial charge in [0.15, 0.2) is 0 Å². The molecule has 1 N–H and O–H groups in total. The molecule has 1 aliphatic rings. The summed E-state index contributed by atoms with van der Waals surface area (Å²) in [7, 11) is -1.71. The van der Waals surface area contributed by atoms with E-state index in [0.29, 0.717) is 6.61 Å². The van der Waals surface area contributed by atoms with Gasteiger partial charge in [-0.05, 0) is 5.56 Å². The van der Waals surface area contributed by atoms with Crippen molar-refractivity contribution in [3.05, 3.63) is 35.9 Å². The Morgan fingerprint density at radius 2 is 1.82 bits per heavy atom. The fraction of sp³-hybridized carbons (Fsp3) is 0.538. The Kier molecular flexibility index (Phi) is 5.54. The lowest BCUT2D eigenvalue weighted by Gasteiger charge is -2.39. The maximum Gasteiger partial charge on any atom is 0.330 e. The summed E-state index contributed by atoms with van der Waals surface area (Å²) in [4.78, 5) is 9.39. The zero-order chi connectivity index (χ0) is 12.9. The molecule has 2 rings (SSSR count). The molecule has 3 nitrogen and oxygen atoms in total. The molecule has 0 bridgehead atoms. The molecular weight excluding hydrogens is 235 g/mol. The van der Waals surface area contributed by atoms with Gasteiger partial charge in [0.1, 0.15) is 0 Å². The molecule has 1 saturated heterocycles. The first-order valence-electron chi connectivity index (χ1n) is 5.93. The fourth-order valence-electron chi connectivity index (χ4n) is 1.70. The van der Waals surface area contributed by atoms with Crippen molar-refractivity contribution >= 4 is 8.60 Å². The van der Waals surface area contributed by atoms with Crippen molar-refractivity contribution in [2.45, 2.75) is 33.8 Å². The van der Waals surface area contributed by atoms with Crippen molar-refractivity contribution < 1.29 is 13.9 Å². The maximum absolute atomic E-state index is 9.39. The van der Waals surface area contributed by atoms with Crippen LogP contribution in [0, 0.1) is 5.41 Å². The van der Waals surface area contributed by atoms with Crippen LogP contribution in [0.25, 0.3) is 0 Å². The van der Waals surface area contributed by atoms with Crippen molar-refractivity contribution in [3.63, 3.8) is 0 Å². The average Bonchev–Trinajstić information content (AvgIpc) is 2.36. The monoisotopic (exact) mass is 256 g/mol. The summed E-state index contributed by atoms with van der Waals surface area (Å²) in [6.45, 7) is 8.68. The SMILES string of the molecule is CC.CC1(C)COP(O)OC1c1ccccc1. The van der Waals surface area contributed by atoms with Crippen LogP contribution in [-0.2, 0) is 9.05 Å². The standard InChI is InChI=1S/C11H15O3P.C2H6/c1-11(2)8-13-15(12)14-10(11)9-6-4-3-5-7-9;1-2/h3-7,10,12H,8H2,1-2H3;1-2H3. The van der Waals surface area contributed by atoms with Crippen molar-refractivity contribution in [1.29, 1.82) is 0 Å². The van der Waals surface area contributed by atoms with Crippen LogP contribution < -0.4 is 0 Å². The van der Waals surface area contributed by atoms with Crippen LogP contribution in [0.4, 0.5) is 0 Å². The average molecular weight is 256 g/mol.